The van der Waals surface area contributed by atoms with E-state index in [0.717, 1.165) is 22.5 Å². The second-order valence-corrected chi connectivity index (χ2v) is 4.54. The number of carbonyl (C=O) groups excluding carboxylic acids is 1. The molecule has 1 aromatic heterocycles. The predicted molar refractivity (Wildman–Crippen MR) is 73.0 cm³/mol. The Hall–Kier alpha value is -2.15. The molecule has 0 fully saturated rings. The molecule has 0 aliphatic carbocycles. The van der Waals surface area contributed by atoms with Gasteiger partial charge in [0.05, 0.1) is 12.0 Å². The van der Waals surface area contributed by atoms with Gasteiger partial charge < -0.3 is 9.72 Å². The lowest BCUT2D eigenvalue weighted by Crippen LogP contribution is -2.12. The van der Waals surface area contributed by atoms with E-state index in [1.165, 1.54) is 6.08 Å². The van der Waals surface area contributed by atoms with Crippen LogP contribution in [0.4, 0.5) is 0 Å². The molecule has 19 heavy (non-hydrogen) atoms. The number of nitrogens with one attached hydrogen (secondary N) is 1. The minimum atomic E-state index is -0.980. The van der Waals surface area contributed by atoms with Crippen molar-refractivity contribution in [2.75, 3.05) is 7.11 Å². The minimum absolute atomic E-state index is 0.541. The molecule has 2 aromatic rings. The number of methoxy groups -OCH3 is 1. The van der Waals surface area contributed by atoms with E-state index in [-0.39, 0.29) is 0 Å². The first-order valence-corrected chi connectivity index (χ1v) is 6.04. The third kappa shape index (κ3) is 2.50. The van der Waals surface area contributed by atoms with Crippen molar-refractivity contribution in [1.29, 1.82) is 0 Å². The van der Waals surface area contributed by atoms with Crippen LogP contribution in [0.5, 0.6) is 0 Å². The summed E-state index contributed by atoms with van der Waals surface area (Å²) in [6.07, 6.45) is 2.79. The van der Waals surface area contributed by atoms with Gasteiger partial charge in [0.2, 0.25) is 0 Å². The van der Waals surface area contributed by atoms with Crippen LogP contribution in [0.25, 0.3) is 17.0 Å². The van der Waals surface area contributed by atoms with Gasteiger partial charge in [-0.2, -0.15) is 0 Å². The Bertz CT molecular complexity index is 690. The summed E-state index contributed by atoms with van der Waals surface area (Å²) in [7, 11) is 1.10. The highest BCUT2D eigenvalue weighted by Gasteiger charge is 2.23. The first-order chi connectivity index (χ1) is 9.04. The zero-order valence-electron chi connectivity index (χ0n) is 9.84. The first-order valence-electron chi connectivity index (χ1n) is 5.24. The molecule has 98 valence electrons. The average Bonchev–Trinajstić information content (AvgIpc) is 2.79. The number of ether oxygens (including phenoxy) is 1. The fraction of sp³-hybridized carbons (Fsp3) is 0.0833. The maximum atomic E-state index is 11.3. The van der Waals surface area contributed by atoms with Gasteiger partial charge in [-0.05, 0) is 12.1 Å². The Kier molecular flexibility index (Phi) is 3.66. The predicted octanol–water partition coefficient (Wildman–Crippen LogP) is 2.72. The minimum Gasteiger partial charge on any atom is -0.461 e. The lowest BCUT2D eigenvalue weighted by molar-refractivity contribution is -0.419. The second-order valence-electron chi connectivity index (χ2n) is 3.68. The molecule has 0 atom stereocenters. The quantitative estimate of drug-likeness (QED) is 0.407. The summed E-state index contributed by atoms with van der Waals surface area (Å²) >= 11 is 3.37. The standard InChI is InChI=1S/C12H9BrN2O4/c1-19-12(16)10(15(17)18)5-7-6-14-9-4-2-3-8(13)11(7)9/h2-6,14H,1H3/b10-5-. The number of rotatable bonds is 3. The van der Waals surface area contributed by atoms with Crippen LogP contribution in [0.3, 0.4) is 0 Å². The van der Waals surface area contributed by atoms with Gasteiger partial charge >= 0.3 is 11.7 Å². The molecule has 0 amide bonds. The number of esters is 1. The lowest BCUT2D eigenvalue weighted by atomic mass is 10.1. The van der Waals surface area contributed by atoms with Crippen molar-refractivity contribution >= 4 is 38.9 Å². The molecule has 1 aromatic carbocycles. The van der Waals surface area contributed by atoms with Crippen molar-refractivity contribution in [3.05, 3.63) is 50.2 Å². The molecule has 0 saturated carbocycles. The summed E-state index contributed by atoms with van der Waals surface area (Å²) < 4.78 is 5.18. The van der Waals surface area contributed by atoms with Crippen molar-refractivity contribution in [1.82, 2.24) is 4.98 Å². The molecule has 0 spiro atoms. The van der Waals surface area contributed by atoms with Crippen molar-refractivity contribution in [3.8, 4) is 0 Å². The van der Waals surface area contributed by atoms with Gasteiger partial charge in [0.15, 0.2) is 0 Å². The monoisotopic (exact) mass is 324 g/mol. The number of hydrogen-bond donors (Lipinski definition) is 1. The van der Waals surface area contributed by atoms with Crippen LogP contribution in [-0.4, -0.2) is 23.0 Å². The molecule has 2 rings (SSSR count). The van der Waals surface area contributed by atoms with E-state index >= 15 is 0 Å². The summed E-state index contributed by atoms with van der Waals surface area (Å²) in [6, 6.07) is 5.49. The summed E-state index contributed by atoms with van der Waals surface area (Å²) in [5, 5.41) is 11.6. The highest BCUT2D eigenvalue weighted by Crippen LogP contribution is 2.28. The SMILES string of the molecule is COC(=O)/C(=C/c1c[nH]c2cccc(Br)c12)[N+](=O)[O-]. The van der Waals surface area contributed by atoms with E-state index in [2.05, 4.69) is 25.7 Å². The number of carbonyl (C=O) groups is 1. The van der Waals surface area contributed by atoms with Crippen LogP contribution >= 0.6 is 15.9 Å². The largest absolute Gasteiger partial charge is 0.461 e. The molecular weight excluding hydrogens is 316 g/mol. The van der Waals surface area contributed by atoms with Crippen molar-refractivity contribution in [3.63, 3.8) is 0 Å². The Morgan fingerprint density at radius 3 is 2.89 bits per heavy atom. The zero-order valence-corrected chi connectivity index (χ0v) is 11.4. The maximum absolute atomic E-state index is 11.3. The normalized spacial score (nSPS) is 11.6. The summed E-state index contributed by atoms with van der Waals surface area (Å²) in [5.41, 5.74) is 0.743. The molecule has 0 unspecified atom stereocenters. The van der Waals surface area contributed by atoms with Crippen molar-refractivity contribution in [2.45, 2.75) is 0 Å². The van der Waals surface area contributed by atoms with Gasteiger partial charge in [0, 0.05) is 33.2 Å². The van der Waals surface area contributed by atoms with Crippen LogP contribution in [-0.2, 0) is 9.53 Å². The topological polar surface area (TPSA) is 85.2 Å². The number of hydrogen-bond acceptors (Lipinski definition) is 4. The number of aromatic nitrogens is 1. The Morgan fingerprint density at radius 1 is 1.53 bits per heavy atom. The Balaban J connectivity index is 2.61. The third-order valence-electron chi connectivity index (χ3n) is 2.57. The van der Waals surface area contributed by atoms with E-state index in [4.69, 9.17) is 0 Å². The van der Waals surface area contributed by atoms with Gasteiger partial charge in [0.1, 0.15) is 0 Å². The van der Waals surface area contributed by atoms with Gasteiger partial charge in [-0.15, -0.1) is 0 Å². The van der Waals surface area contributed by atoms with Crippen LogP contribution in [0, 0.1) is 10.1 Å². The highest BCUT2D eigenvalue weighted by molar-refractivity contribution is 9.10. The second kappa shape index (κ2) is 5.23. The number of halogens is 1. The average molecular weight is 325 g/mol. The maximum Gasteiger partial charge on any atom is 0.409 e. The number of nitrogens with zero attached hydrogens (tertiary/aromatic N) is 1. The molecule has 0 radical (unpaired) electrons. The molecular formula is C12H9BrN2O4. The highest BCUT2D eigenvalue weighted by atomic mass is 79.9. The number of fused-ring (bicyclic) bond motifs is 1. The Morgan fingerprint density at radius 2 is 2.26 bits per heavy atom. The molecule has 1 N–H and O–H groups in total. The van der Waals surface area contributed by atoms with Crippen molar-refractivity contribution < 1.29 is 14.5 Å². The van der Waals surface area contributed by atoms with Crippen LogP contribution in [0.1, 0.15) is 5.56 Å². The van der Waals surface area contributed by atoms with E-state index < -0.39 is 16.6 Å². The number of aromatic amines is 1. The van der Waals surface area contributed by atoms with Gasteiger partial charge in [-0.3, -0.25) is 10.1 Å². The summed E-state index contributed by atoms with van der Waals surface area (Å²) in [4.78, 5) is 24.4. The number of nitro groups is 1. The Labute approximate surface area is 116 Å². The lowest BCUT2D eigenvalue weighted by Gasteiger charge is -1.98. The fourth-order valence-corrected chi connectivity index (χ4v) is 2.31. The summed E-state index contributed by atoms with van der Waals surface area (Å²) in [6.45, 7) is 0. The molecule has 1 heterocycles. The van der Waals surface area contributed by atoms with E-state index in [1.807, 2.05) is 18.2 Å². The molecule has 6 nitrogen and oxygen atoms in total. The molecule has 0 saturated heterocycles. The van der Waals surface area contributed by atoms with Gasteiger partial charge in [-0.25, -0.2) is 4.79 Å². The van der Waals surface area contributed by atoms with E-state index in [1.54, 1.807) is 6.20 Å². The molecule has 0 aliphatic heterocycles. The van der Waals surface area contributed by atoms with E-state index in [0.29, 0.717) is 5.56 Å². The van der Waals surface area contributed by atoms with Crippen LogP contribution in [0.2, 0.25) is 0 Å². The van der Waals surface area contributed by atoms with Crippen molar-refractivity contribution in [2.24, 2.45) is 0 Å². The van der Waals surface area contributed by atoms with Crippen LogP contribution < -0.4 is 0 Å². The molecule has 0 aliphatic rings. The first kappa shape index (κ1) is 13.3. The summed E-state index contributed by atoms with van der Waals surface area (Å²) in [5.74, 6) is -0.980. The van der Waals surface area contributed by atoms with Crippen LogP contribution in [0.15, 0.2) is 34.6 Å². The zero-order chi connectivity index (χ0) is 14.0. The van der Waals surface area contributed by atoms with Gasteiger partial charge in [-0.1, -0.05) is 22.0 Å². The van der Waals surface area contributed by atoms with Gasteiger partial charge in [0.25, 0.3) is 0 Å². The van der Waals surface area contributed by atoms with E-state index in [9.17, 15) is 14.9 Å². The third-order valence-corrected chi connectivity index (χ3v) is 3.23. The number of H-pyrrole nitrogens is 1. The smallest absolute Gasteiger partial charge is 0.409 e. The molecule has 0 bridgehead atoms. The molecule has 7 heteroatoms. The number of benzene rings is 1. The fourth-order valence-electron chi connectivity index (χ4n) is 1.72.